The minimum absolute atomic E-state index is 0.491. The van der Waals surface area contributed by atoms with Crippen molar-refractivity contribution in [2.24, 2.45) is 10.9 Å². The van der Waals surface area contributed by atoms with Gasteiger partial charge >= 0.3 is 0 Å². The van der Waals surface area contributed by atoms with Crippen LogP contribution in [0.15, 0.2) is 4.99 Å². The molecule has 1 aliphatic heterocycles. The van der Waals surface area contributed by atoms with Crippen molar-refractivity contribution in [2.75, 3.05) is 13.6 Å². The van der Waals surface area contributed by atoms with Crippen LogP contribution in [0.1, 0.15) is 13.8 Å². The Morgan fingerprint density at radius 1 is 1.60 bits per heavy atom. The first-order valence-corrected chi connectivity index (χ1v) is 3.84. The molecule has 0 radical (unpaired) electrons. The first-order chi connectivity index (χ1) is 4.63. The Kier molecular flexibility index (Phi) is 2.04. The number of aliphatic imine (C=N–C) groups is 1. The van der Waals surface area contributed by atoms with Crippen LogP contribution in [-0.4, -0.2) is 29.3 Å². The van der Waals surface area contributed by atoms with Crippen molar-refractivity contribution in [3.05, 3.63) is 0 Å². The highest BCUT2D eigenvalue weighted by molar-refractivity contribution is 7.80. The van der Waals surface area contributed by atoms with Crippen molar-refractivity contribution in [2.45, 2.75) is 13.8 Å². The summed E-state index contributed by atoms with van der Waals surface area (Å²) in [6.07, 6.45) is 0. The number of rotatable bonds is 1. The van der Waals surface area contributed by atoms with E-state index >= 15 is 0 Å². The summed E-state index contributed by atoms with van der Waals surface area (Å²) in [5.74, 6) is 1.61. The number of thiocarbonyl (C=S) groups is 1. The fraction of sp³-hybridized carbons (Fsp3) is 0.714. The number of hydrogen-bond acceptors (Lipinski definition) is 2. The van der Waals surface area contributed by atoms with Gasteiger partial charge in [-0.3, -0.25) is 4.99 Å². The zero-order valence-corrected chi connectivity index (χ0v) is 7.40. The van der Waals surface area contributed by atoms with E-state index in [2.05, 4.69) is 18.8 Å². The average Bonchev–Trinajstić information content (AvgIpc) is 2.14. The van der Waals surface area contributed by atoms with Gasteiger partial charge in [0.05, 0.1) is 6.54 Å². The summed E-state index contributed by atoms with van der Waals surface area (Å²) in [5.41, 5.74) is 0. The Labute approximate surface area is 66.9 Å². The topological polar surface area (TPSA) is 15.6 Å². The molecule has 0 atom stereocenters. The van der Waals surface area contributed by atoms with Crippen LogP contribution < -0.4 is 0 Å². The summed E-state index contributed by atoms with van der Waals surface area (Å²) in [4.78, 5) is 7.23. The van der Waals surface area contributed by atoms with E-state index in [9.17, 15) is 0 Å². The first kappa shape index (κ1) is 7.66. The molecule has 0 aromatic carbocycles. The highest BCUT2D eigenvalue weighted by Gasteiger charge is 2.19. The fourth-order valence-corrected chi connectivity index (χ4v) is 1.22. The average molecular weight is 156 g/mol. The molecule has 2 nitrogen and oxygen atoms in total. The molecule has 0 bridgehead atoms. The van der Waals surface area contributed by atoms with Crippen molar-refractivity contribution >= 4 is 23.0 Å². The number of amidine groups is 1. The van der Waals surface area contributed by atoms with Gasteiger partial charge in [-0.1, -0.05) is 26.1 Å². The zero-order chi connectivity index (χ0) is 7.72. The van der Waals surface area contributed by atoms with Crippen molar-refractivity contribution in [3.63, 3.8) is 0 Å². The van der Waals surface area contributed by atoms with Gasteiger partial charge in [0, 0.05) is 13.0 Å². The third-order valence-electron chi connectivity index (χ3n) is 1.61. The Hall–Kier alpha value is -0.440. The minimum Gasteiger partial charge on any atom is -0.326 e. The molecule has 0 fully saturated rings. The van der Waals surface area contributed by atoms with Crippen LogP contribution in [0.2, 0.25) is 0 Å². The van der Waals surface area contributed by atoms with Gasteiger partial charge in [0.25, 0.3) is 0 Å². The van der Waals surface area contributed by atoms with Gasteiger partial charge in [0.15, 0.2) is 0 Å². The van der Waals surface area contributed by atoms with E-state index < -0.39 is 0 Å². The lowest BCUT2D eigenvalue weighted by molar-refractivity contribution is 0.700. The Morgan fingerprint density at radius 2 is 2.20 bits per heavy atom. The minimum atomic E-state index is 0.491. The third-order valence-corrected chi connectivity index (χ3v) is 2.01. The molecule has 3 heteroatoms. The molecule has 1 rings (SSSR count). The molecule has 1 aliphatic rings. The molecule has 56 valence electrons. The van der Waals surface area contributed by atoms with E-state index in [1.54, 1.807) is 0 Å². The highest BCUT2D eigenvalue weighted by atomic mass is 32.1. The second-order valence-electron chi connectivity index (χ2n) is 2.78. The van der Waals surface area contributed by atoms with Gasteiger partial charge in [0.2, 0.25) is 0 Å². The van der Waals surface area contributed by atoms with Gasteiger partial charge in [-0.05, 0) is 0 Å². The quantitative estimate of drug-likeness (QED) is 0.532. The van der Waals surface area contributed by atoms with Crippen LogP contribution in [0.4, 0.5) is 0 Å². The molecule has 10 heavy (non-hydrogen) atoms. The third kappa shape index (κ3) is 1.19. The van der Waals surface area contributed by atoms with E-state index in [1.807, 2.05) is 11.9 Å². The van der Waals surface area contributed by atoms with Crippen molar-refractivity contribution in [3.8, 4) is 0 Å². The number of likely N-dealkylation sites (N-methyl/N-ethyl adjacent to an activating group) is 1. The van der Waals surface area contributed by atoms with Gasteiger partial charge in [0.1, 0.15) is 10.8 Å². The SMILES string of the molecule is CC(C)C1=NCC(=S)N1C. The molecular formula is C7H12N2S. The molecule has 1 heterocycles. The van der Waals surface area contributed by atoms with Gasteiger partial charge in [-0.2, -0.15) is 0 Å². The normalized spacial score (nSPS) is 18.6. The number of hydrogen-bond donors (Lipinski definition) is 0. The zero-order valence-electron chi connectivity index (χ0n) is 6.59. The maximum atomic E-state index is 5.05. The molecule has 0 N–H and O–H groups in total. The van der Waals surface area contributed by atoms with E-state index in [1.165, 1.54) is 0 Å². The van der Waals surface area contributed by atoms with Crippen LogP contribution in [0.5, 0.6) is 0 Å². The molecule has 0 aliphatic carbocycles. The van der Waals surface area contributed by atoms with Gasteiger partial charge in [-0.15, -0.1) is 0 Å². The Bertz CT molecular complexity index is 184. The van der Waals surface area contributed by atoms with Crippen LogP contribution >= 0.6 is 12.2 Å². The standard InChI is InChI=1S/C7H12N2S/c1-5(2)7-8-4-6(10)9(7)3/h5H,4H2,1-3H3. The molecule has 0 saturated heterocycles. The second-order valence-corrected chi connectivity index (χ2v) is 3.25. The predicted octanol–water partition coefficient (Wildman–Crippen LogP) is 1.31. The molecule has 0 spiro atoms. The number of nitrogens with zero attached hydrogens (tertiary/aromatic N) is 2. The summed E-state index contributed by atoms with van der Waals surface area (Å²) >= 11 is 5.05. The lowest BCUT2D eigenvalue weighted by Crippen LogP contribution is -2.29. The molecule has 0 aromatic rings. The maximum Gasteiger partial charge on any atom is 0.107 e. The van der Waals surface area contributed by atoms with Crippen LogP contribution in [0, 0.1) is 5.92 Å². The van der Waals surface area contributed by atoms with Crippen molar-refractivity contribution in [1.82, 2.24) is 4.90 Å². The molecule has 0 aromatic heterocycles. The largest absolute Gasteiger partial charge is 0.326 e. The van der Waals surface area contributed by atoms with E-state index in [0.717, 1.165) is 10.8 Å². The Balaban J connectivity index is 2.72. The molecule has 0 amide bonds. The monoisotopic (exact) mass is 156 g/mol. The predicted molar refractivity (Wildman–Crippen MR) is 47.5 cm³/mol. The van der Waals surface area contributed by atoms with Gasteiger partial charge in [-0.25, -0.2) is 0 Å². The smallest absolute Gasteiger partial charge is 0.107 e. The van der Waals surface area contributed by atoms with E-state index in [0.29, 0.717) is 12.5 Å². The summed E-state index contributed by atoms with van der Waals surface area (Å²) in [6.45, 7) is 4.96. The summed E-state index contributed by atoms with van der Waals surface area (Å²) in [6, 6.07) is 0. The summed E-state index contributed by atoms with van der Waals surface area (Å²) < 4.78 is 0. The van der Waals surface area contributed by atoms with E-state index in [4.69, 9.17) is 12.2 Å². The van der Waals surface area contributed by atoms with Crippen LogP contribution in [0.25, 0.3) is 0 Å². The van der Waals surface area contributed by atoms with Crippen LogP contribution in [-0.2, 0) is 0 Å². The molecule has 0 saturated carbocycles. The first-order valence-electron chi connectivity index (χ1n) is 3.44. The van der Waals surface area contributed by atoms with Crippen LogP contribution in [0.3, 0.4) is 0 Å². The van der Waals surface area contributed by atoms with Crippen molar-refractivity contribution in [1.29, 1.82) is 0 Å². The maximum absolute atomic E-state index is 5.05. The Morgan fingerprint density at radius 3 is 2.40 bits per heavy atom. The lowest BCUT2D eigenvalue weighted by atomic mass is 10.2. The summed E-state index contributed by atoms with van der Waals surface area (Å²) in [5, 5.41) is 0. The van der Waals surface area contributed by atoms with Gasteiger partial charge < -0.3 is 4.90 Å². The molecule has 0 unspecified atom stereocenters. The summed E-state index contributed by atoms with van der Waals surface area (Å²) in [7, 11) is 1.98. The van der Waals surface area contributed by atoms with E-state index in [-0.39, 0.29) is 0 Å². The lowest BCUT2D eigenvalue weighted by Gasteiger charge is -2.16. The van der Waals surface area contributed by atoms with Crippen molar-refractivity contribution < 1.29 is 0 Å². The second kappa shape index (κ2) is 2.66. The highest BCUT2D eigenvalue weighted by Crippen LogP contribution is 2.09. The molecular weight excluding hydrogens is 144 g/mol. The fourth-order valence-electron chi connectivity index (χ4n) is 1.06.